The molecule has 0 aromatic heterocycles. The molecule has 0 aliphatic carbocycles. The van der Waals surface area contributed by atoms with Gasteiger partial charge in [0.1, 0.15) is 23.9 Å². The highest BCUT2D eigenvalue weighted by molar-refractivity contribution is 7.91. The minimum absolute atomic E-state index is 0.0965. The molecule has 0 spiro atoms. The number of hydrogen-bond acceptors (Lipinski definition) is 7. The van der Waals surface area contributed by atoms with Gasteiger partial charge in [0, 0.05) is 0 Å². The van der Waals surface area contributed by atoms with Gasteiger partial charge >= 0.3 is 0 Å². The molecule has 0 aliphatic heterocycles. The highest BCUT2D eigenvalue weighted by Crippen LogP contribution is 2.24. The van der Waals surface area contributed by atoms with Crippen LogP contribution in [-0.2, 0) is 24.1 Å². The van der Waals surface area contributed by atoms with Gasteiger partial charge in [-0.2, -0.15) is 8.42 Å². The van der Waals surface area contributed by atoms with Gasteiger partial charge in [0.05, 0.1) is 24.0 Å². The quantitative estimate of drug-likeness (QED) is 0.639. The summed E-state index contributed by atoms with van der Waals surface area (Å²) in [6, 6.07) is 11.8. The topological polar surface area (TPSA) is 96.0 Å². The minimum atomic E-state index is -3.66. The molecule has 0 fully saturated rings. The first kappa shape index (κ1) is 19.2. The maximum absolute atomic E-state index is 12.6. The number of sulfone groups is 1. The lowest BCUT2D eigenvalue weighted by molar-refractivity contribution is 0.328. The van der Waals surface area contributed by atoms with Crippen molar-refractivity contribution in [2.75, 3.05) is 26.6 Å². The molecule has 9 heteroatoms. The first-order valence-corrected chi connectivity index (χ1v) is 10.2. The Morgan fingerprint density at radius 1 is 0.760 bits per heavy atom. The fourth-order valence-corrected chi connectivity index (χ4v) is 3.67. The SMILES string of the molecule is COc1ccc(S(=O)(=O)c2ccc(OCCS(=O)(=O)OC)cc2)cc1. The lowest BCUT2D eigenvalue weighted by Crippen LogP contribution is -2.15. The van der Waals surface area contributed by atoms with E-state index in [9.17, 15) is 16.8 Å². The second-order valence-corrected chi connectivity index (χ2v) is 8.73. The van der Waals surface area contributed by atoms with Gasteiger partial charge in [-0.05, 0) is 48.5 Å². The standard InChI is InChI=1S/C16H18O7S2/c1-21-13-3-7-15(8-4-13)25(19,20)16-9-5-14(6-10-16)23-11-12-24(17,18)22-2/h3-10H,11-12H2,1-2H3. The molecule has 0 unspecified atom stereocenters. The number of methoxy groups -OCH3 is 1. The molecule has 0 atom stereocenters. The number of ether oxygens (including phenoxy) is 2. The fraction of sp³-hybridized carbons (Fsp3) is 0.250. The van der Waals surface area contributed by atoms with Crippen molar-refractivity contribution in [2.45, 2.75) is 9.79 Å². The molecular weight excluding hydrogens is 368 g/mol. The normalized spacial score (nSPS) is 11.9. The van der Waals surface area contributed by atoms with Crippen LogP contribution in [-0.4, -0.2) is 43.4 Å². The van der Waals surface area contributed by atoms with Crippen molar-refractivity contribution in [1.29, 1.82) is 0 Å². The van der Waals surface area contributed by atoms with E-state index in [1.807, 2.05) is 0 Å². The van der Waals surface area contributed by atoms with Gasteiger partial charge in [0.25, 0.3) is 10.1 Å². The molecule has 0 radical (unpaired) electrons. The molecule has 7 nitrogen and oxygen atoms in total. The van der Waals surface area contributed by atoms with E-state index in [1.165, 1.54) is 43.5 Å². The molecule has 0 amide bonds. The summed E-state index contributed by atoms with van der Waals surface area (Å²) in [6.07, 6.45) is 0. The summed E-state index contributed by atoms with van der Waals surface area (Å²) in [5, 5.41) is 0. The Bertz CT molecular complexity index is 900. The third kappa shape index (κ3) is 4.94. The average molecular weight is 386 g/mol. The van der Waals surface area contributed by atoms with Gasteiger partial charge in [-0.3, -0.25) is 4.18 Å². The molecule has 0 saturated carbocycles. The van der Waals surface area contributed by atoms with E-state index in [2.05, 4.69) is 4.18 Å². The Balaban J connectivity index is 2.10. The Kier molecular flexibility index (Phi) is 6.04. The minimum Gasteiger partial charge on any atom is -0.497 e. The predicted octanol–water partition coefficient (Wildman–Crippen LogP) is 1.88. The van der Waals surface area contributed by atoms with E-state index in [-0.39, 0.29) is 22.2 Å². The molecule has 2 aromatic carbocycles. The number of rotatable bonds is 8. The van der Waals surface area contributed by atoms with Crippen LogP contribution in [0.15, 0.2) is 58.3 Å². The molecule has 0 aliphatic rings. The molecule has 136 valence electrons. The smallest absolute Gasteiger partial charge is 0.270 e. The van der Waals surface area contributed by atoms with E-state index in [4.69, 9.17) is 9.47 Å². The molecular formula is C16H18O7S2. The lowest BCUT2D eigenvalue weighted by atomic mass is 10.3. The van der Waals surface area contributed by atoms with E-state index >= 15 is 0 Å². The Morgan fingerprint density at radius 2 is 1.24 bits per heavy atom. The van der Waals surface area contributed by atoms with Crippen LogP contribution in [0.5, 0.6) is 11.5 Å². The zero-order chi connectivity index (χ0) is 18.5. The fourth-order valence-electron chi connectivity index (χ4n) is 1.95. The van der Waals surface area contributed by atoms with E-state index in [1.54, 1.807) is 12.1 Å². The second-order valence-electron chi connectivity index (χ2n) is 4.93. The van der Waals surface area contributed by atoms with Crippen molar-refractivity contribution < 1.29 is 30.5 Å². The maximum Gasteiger partial charge on any atom is 0.270 e. The van der Waals surface area contributed by atoms with Gasteiger partial charge in [0.15, 0.2) is 0 Å². The first-order chi connectivity index (χ1) is 11.8. The van der Waals surface area contributed by atoms with Gasteiger partial charge < -0.3 is 9.47 Å². The lowest BCUT2D eigenvalue weighted by Gasteiger charge is -2.08. The Labute approximate surface area is 147 Å². The third-order valence-electron chi connectivity index (χ3n) is 3.36. The first-order valence-electron chi connectivity index (χ1n) is 7.19. The Morgan fingerprint density at radius 3 is 1.68 bits per heavy atom. The van der Waals surface area contributed by atoms with Crippen molar-refractivity contribution in [3.8, 4) is 11.5 Å². The van der Waals surface area contributed by atoms with Gasteiger partial charge in [0.2, 0.25) is 9.84 Å². The highest BCUT2D eigenvalue weighted by Gasteiger charge is 2.17. The predicted molar refractivity (Wildman–Crippen MR) is 91.2 cm³/mol. The van der Waals surface area contributed by atoms with E-state index in [0.717, 1.165) is 7.11 Å². The van der Waals surface area contributed by atoms with Crippen LogP contribution in [0.3, 0.4) is 0 Å². The summed E-state index contributed by atoms with van der Waals surface area (Å²) < 4.78 is 62.1. The van der Waals surface area contributed by atoms with Gasteiger partial charge in [-0.15, -0.1) is 0 Å². The van der Waals surface area contributed by atoms with Crippen LogP contribution < -0.4 is 9.47 Å². The molecule has 2 rings (SSSR count). The van der Waals surface area contributed by atoms with Gasteiger partial charge in [-0.1, -0.05) is 0 Å². The maximum atomic E-state index is 12.6. The van der Waals surface area contributed by atoms with Gasteiger partial charge in [-0.25, -0.2) is 8.42 Å². The summed E-state index contributed by atoms with van der Waals surface area (Å²) in [5.74, 6) is 0.628. The second kappa shape index (κ2) is 7.85. The summed E-state index contributed by atoms with van der Waals surface area (Å²) >= 11 is 0. The zero-order valence-corrected chi connectivity index (χ0v) is 15.3. The molecule has 0 bridgehead atoms. The van der Waals surface area contributed by atoms with Crippen molar-refractivity contribution in [2.24, 2.45) is 0 Å². The van der Waals surface area contributed by atoms with E-state index < -0.39 is 20.0 Å². The Hall–Kier alpha value is -2.10. The molecule has 0 heterocycles. The van der Waals surface area contributed by atoms with Crippen molar-refractivity contribution in [3.63, 3.8) is 0 Å². The van der Waals surface area contributed by atoms with Crippen LogP contribution in [0.4, 0.5) is 0 Å². The molecule has 25 heavy (non-hydrogen) atoms. The van der Waals surface area contributed by atoms with Crippen LogP contribution >= 0.6 is 0 Å². The summed E-state index contributed by atoms with van der Waals surface area (Å²) in [7, 11) is -4.67. The number of hydrogen-bond donors (Lipinski definition) is 0. The molecule has 0 N–H and O–H groups in total. The van der Waals surface area contributed by atoms with E-state index in [0.29, 0.717) is 11.5 Å². The van der Waals surface area contributed by atoms with Crippen LogP contribution in [0.25, 0.3) is 0 Å². The van der Waals surface area contributed by atoms with Crippen molar-refractivity contribution in [3.05, 3.63) is 48.5 Å². The number of benzene rings is 2. The largest absolute Gasteiger partial charge is 0.497 e. The van der Waals surface area contributed by atoms with Crippen LogP contribution in [0.1, 0.15) is 0 Å². The average Bonchev–Trinajstić information content (AvgIpc) is 2.62. The third-order valence-corrected chi connectivity index (χ3v) is 6.32. The zero-order valence-electron chi connectivity index (χ0n) is 13.7. The summed E-state index contributed by atoms with van der Waals surface area (Å²) in [5.41, 5.74) is 0. The highest BCUT2D eigenvalue weighted by atomic mass is 32.2. The van der Waals surface area contributed by atoms with Crippen LogP contribution in [0.2, 0.25) is 0 Å². The molecule has 2 aromatic rings. The summed E-state index contributed by atoms with van der Waals surface area (Å²) in [4.78, 5) is 0.252. The van der Waals surface area contributed by atoms with Crippen molar-refractivity contribution in [1.82, 2.24) is 0 Å². The molecule has 0 saturated heterocycles. The monoisotopic (exact) mass is 386 g/mol. The van der Waals surface area contributed by atoms with Crippen LogP contribution in [0, 0.1) is 0 Å². The summed E-state index contributed by atoms with van der Waals surface area (Å²) in [6.45, 7) is -0.0965. The van der Waals surface area contributed by atoms with Crippen molar-refractivity contribution >= 4 is 20.0 Å².